The molecule has 0 bridgehead atoms. The van der Waals surface area contributed by atoms with E-state index in [4.69, 9.17) is 38.0 Å². The zero-order valence-electron chi connectivity index (χ0n) is 19.1. The van der Waals surface area contributed by atoms with Crippen LogP contribution in [-0.2, 0) is 11.8 Å². The molecule has 35 heavy (non-hydrogen) atoms. The summed E-state index contributed by atoms with van der Waals surface area (Å²) in [4.78, 5) is 15.3. The predicted molar refractivity (Wildman–Crippen MR) is 142 cm³/mol. The molecule has 0 fully saturated rings. The first kappa shape index (κ1) is 24.6. The summed E-state index contributed by atoms with van der Waals surface area (Å²) in [5.41, 5.74) is 4.86. The molecule has 0 radical (unpaired) electrons. The molecule has 0 unspecified atom stereocenters. The van der Waals surface area contributed by atoms with E-state index in [0.717, 1.165) is 39.5 Å². The van der Waals surface area contributed by atoms with Gasteiger partial charge in [-0.15, -0.1) is 0 Å². The first-order valence-corrected chi connectivity index (χ1v) is 11.9. The Morgan fingerprint density at radius 1 is 1.00 bits per heavy atom. The fraction of sp³-hybridized carbons (Fsp3) is 0.143. The summed E-state index contributed by atoms with van der Waals surface area (Å²) in [6.45, 7) is 0.386. The Morgan fingerprint density at radius 2 is 1.69 bits per heavy atom. The van der Waals surface area contributed by atoms with E-state index in [-0.39, 0.29) is 6.42 Å². The number of aryl methyl sites for hydroxylation is 1. The number of ether oxygens (including phenoxy) is 1. The number of halogens is 2. The molecule has 4 aromatic rings. The number of carbonyl (C=O) groups is 1. The summed E-state index contributed by atoms with van der Waals surface area (Å²) in [5, 5.41) is 9.85. The van der Waals surface area contributed by atoms with Crippen molar-refractivity contribution in [3.8, 4) is 28.1 Å². The zero-order valence-corrected chi connectivity index (χ0v) is 20.6. The van der Waals surface area contributed by atoms with Gasteiger partial charge in [-0.1, -0.05) is 65.7 Å². The Bertz CT molecular complexity index is 1340. The van der Waals surface area contributed by atoms with Crippen molar-refractivity contribution < 1.29 is 14.6 Å². The zero-order chi connectivity index (χ0) is 24.8. The summed E-state index contributed by atoms with van der Waals surface area (Å²) < 4.78 is 7.55. The third-order valence-electron chi connectivity index (χ3n) is 5.45. The average Bonchev–Trinajstić information content (AvgIpc) is 3.21. The van der Waals surface area contributed by atoms with Gasteiger partial charge in [0, 0.05) is 30.3 Å². The van der Waals surface area contributed by atoms with Gasteiger partial charge in [0.25, 0.3) is 0 Å². The molecular formula is C28H24Cl2N2O3. The summed E-state index contributed by atoms with van der Waals surface area (Å²) in [6.07, 6.45) is 6.53. The van der Waals surface area contributed by atoms with E-state index in [9.17, 15) is 4.79 Å². The number of aromatic nitrogens is 2. The van der Waals surface area contributed by atoms with Crippen molar-refractivity contribution in [3.05, 3.63) is 94.4 Å². The Hall–Kier alpha value is -3.54. The van der Waals surface area contributed by atoms with E-state index in [1.807, 2.05) is 60.3 Å². The van der Waals surface area contributed by atoms with E-state index >= 15 is 0 Å². The van der Waals surface area contributed by atoms with Crippen molar-refractivity contribution in [1.82, 2.24) is 9.55 Å². The van der Waals surface area contributed by atoms with Gasteiger partial charge in [-0.25, -0.2) is 4.98 Å². The minimum Gasteiger partial charge on any atom is -0.494 e. The highest BCUT2D eigenvalue weighted by molar-refractivity contribution is 6.36. The lowest BCUT2D eigenvalue weighted by Crippen LogP contribution is -2.01. The van der Waals surface area contributed by atoms with Crippen LogP contribution in [0, 0.1) is 0 Å². The molecule has 4 rings (SSSR count). The maximum atomic E-state index is 10.6. The van der Waals surface area contributed by atoms with Crippen LogP contribution in [0.15, 0.2) is 72.9 Å². The van der Waals surface area contributed by atoms with Gasteiger partial charge in [-0.05, 0) is 59.5 Å². The van der Waals surface area contributed by atoms with Gasteiger partial charge in [-0.3, -0.25) is 4.79 Å². The Morgan fingerprint density at radius 3 is 2.34 bits per heavy atom. The van der Waals surface area contributed by atoms with Crippen LogP contribution in [-0.4, -0.2) is 27.2 Å². The van der Waals surface area contributed by atoms with Crippen LogP contribution in [0.5, 0.6) is 5.75 Å². The fourth-order valence-corrected chi connectivity index (χ4v) is 4.08. The van der Waals surface area contributed by atoms with Gasteiger partial charge in [0.1, 0.15) is 11.6 Å². The van der Waals surface area contributed by atoms with E-state index in [2.05, 4.69) is 24.3 Å². The minimum atomic E-state index is -0.810. The standard InChI is InChI=1S/C28H24Cl2N2O3/c1-32-18-26(24-14-11-22(29)17-25(24)30)31-27(32)15-6-19-4-7-20(8-5-19)21-9-12-23(13-10-21)35-16-2-3-28(33)34/h4-15,17-18H,2-3,16H2,1H3,(H,33,34). The second-order valence-electron chi connectivity index (χ2n) is 8.04. The van der Waals surface area contributed by atoms with Crippen molar-refractivity contribution in [2.45, 2.75) is 12.8 Å². The molecule has 0 saturated heterocycles. The molecule has 0 aliphatic rings. The highest BCUT2D eigenvalue weighted by Gasteiger charge is 2.09. The fourth-order valence-electron chi connectivity index (χ4n) is 3.58. The van der Waals surface area contributed by atoms with Crippen molar-refractivity contribution in [2.24, 2.45) is 7.05 Å². The average molecular weight is 507 g/mol. The quantitative estimate of drug-likeness (QED) is 0.239. The number of imidazole rings is 1. The lowest BCUT2D eigenvalue weighted by Gasteiger charge is -2.07. The van der Waals surface area contributed by atoms with Gasteiger partial charge in [0.2, 0.25) is 0 Å². The second kappa shape index (κ2) is 11.3. The molecule has 1 N–H and O–H groups in total. The van der Waals surface area contributed by atoms with Gasteiger partial charge in [-0.2, -0.15) is 0 Å². The topological polar surface area (TPSA) is 64.4 Å². The molecule has 178 valence electrons. The molecule has 0 aliphatic heterocycles. The molecule has 3 aromatic carbocycles. The first-order valence-electron chi connectivity index (χ1n) is 11.1. The Balaban J connectivity index is 1.40. The molecule has 1 heterocycles. The number of nitrogens with zero attached hydrogens (tertiary/aromatic N) is 2. The van der Waals surface area contributed by atoms with Gasteiger partial charge >= 0.3 is 5.97 Å². The first-order chi connectivity index (χ1) is 16.9. The van der Waals surface area contributed by atoms with Crippen molar-refractivity contribution in [1.29, 1.82) is 0 Å². The number of hydrogen-bond donors (Lipinski definition) is 1. The van der Waals surface area contributed by atoms with E-state index in [1.54, 1.807) is 12.1 Å². The van der Waals surface area contributed by atoms with Crippen molar-refractivity contribution in [3.63, 3.8) is 0 Å². The number of carboxylic acids is 1. The SMILES string of the molecule is Cn1cc(-c2ccc(Cl)cc2Cl)nc1C=Cc1ccc(-c2ccc(OCCCC(=O)O)cc2)cc1. The van der Waals surface area contributed by atoms with Crippen molar-refractivity contribution in [2.75, 3.05) is 6.61 Å². The van der Waals surface area contributed by atoms with Gasteiger partial charge in [0.15, 0.2) is 0 Å². The number of rotatable bonds is 9. The molecular weight excluding hydrogens is 483 g/mol. The van der Waals surface area contributed by atoms with Crippen LogP contribution < -0.4 is 4.74 Å². The lowest BCUT2D eigenvalue weighted by atomic mass is 10.0. The van der Waals surface area contributed by atoms with Crippen LogP contribution in [0.3, 0.4) is 0 Å². The minimum absolute atomic E-state index is 0.108. The van der Waals surface area contributed by atoms with Crippen LogP contribution in [0.2, 0.25) is 10.0 Å². The molecule has 5 nitrogen and oxygen atoms in total. The van der Waals surface area contributed by atoms with E-state index in [0.29, 0.717) is 23.1 Å². The van der Waals surface area contributed by atoms with E-state index < -0.39 is 5.97 Å². The monoisotopic (exact) mass is 506 g/mol. The van der Waals surface area contributed by atoms with Crippen LogP contribution >= 0.6 is 23.2 Å². The summed E-state index contributed by atoms with van der Waals surface area (Å²) in [6, 6.07) is 21.4. The third kappa shape index (κ3) is 6.53. The highest BCUT2D eigenvalue weighted by Crippen LogP contribution is 2.30. The Labute approximate surface area is 214 Å². The lowest BCUT2D eigenvalue weighted by molar-refractivity contribution is -0.137. The molecule has 0 aliphatic carbocycles. The van der Waals surface area contributed by atoms with Gasteiger partial charge in [0.05, 0.1) is 17.3 Å². The number of carboxylic acid groups (broad SMARTS) is 1. The number of hydrogen-bond acceptors (Lipinski definition) is 3. The summed E-state index contributed by atoms with van der Waals surface area (Å²) in [7, 11) is 1.95. The molecule has 7 heteroatoms. The highest BCUT2D eigenvalue weighted by atomic mass is 35.5. The van der Waals surface area contributed by atoms with Crippen LogP contribution in [0.1, 0.15) is 24.2 Å². The second-order valence-corrected chi connectivity index (χ2v) is 8.89. The normalized spacial score (nSPS) is 11.2. The molecule has 0 saturated carbocycles. The van der Waals surface area contributed by atoms with E-state index in [1.165, 1.54) is 0 Å². The Kier molecular flexibility index (Phi) is 7.91. The number of aliphatic carboxylic acids is 1. The summed E-state index contributed by atoms with van der Waals surface area (Å²) in [5.74, 6) is 0.733. The van der Waals surface area contributed by atoms with Gasteiger partial charge < -0.3 is 14.4 Å². The molecule has 1 aromatic heterocycles. The van der Waals surface area contributed by atoms with Crippen molar-refractivity contribution >= 4 is 41.3 Å². The largest absolute Gasteiger partial charge is 0.494 e. The van der Waals surface area contributed by atoms with Crippen LogP contribution in [0.4, 0.5) is 0 Å². The molecule has 0 atom stereocenters. The predicted octanol–water partition coefficient (Wildman–Crippen LogP) is 7.47. The molecule has 0 spiro atoms. The maximum absolute atomic E-state index is 10.6. The summed E-state index contributed by atoms with van der Waals surface area (Å²) >= 11 is 12.3. The van der Waals surface area contributed by atoms with Crippen LogP contribution in [0.25, 0.3) is 34.5 Å². The smallest absolute Gasteiger partial charge is 0.303 e. The molecule has 0 amide bonds. The maximum Gasteiger partial charge on any atom is 0.303 e. The number of benzene rings is 3. The third-order valence-corrected chi connectivity index (χ3v) is 5.99.